The normalized spacial score (nSPS) is 16.0. The third-order valence-electron chi connectivity index (χ3n) is 2.60. The van der Waals surface area contributed by atoms with Crippen molar-refractivity contribution in [3.05, 3.63) is 17.9 Å². The van der Waals surface area contributed by atoms with E-state index >= 15 is 0 Å². The minimum atomic E-state index is -3.72. The predicted molar refractivity (Wildman–Crippen MR) is 58.2 cm³/mol. The van der Waals surface area contributed by atoms with Gasteiger partial charge in [-0.1, -0.05) is 12.8 Å². The first kappa shape index (κ1) is 12.1. The zero-order valence-electron chi connectivity index (χ0n) is 9.05. The Balaban J connectivity index is 1.99. The number of hydrogen-bond acceptors (Lipinski definition) is 4. The molecule has 1 aromatic heterocycles. The number of carboxylic acid groups (broad SMARTS) is 1. The second-order valence-electron chi connectivity index (χ2n) is 4.05. The number of hydrogen-bond donors (Lipinski definition) is 2. The quantitative estimate of drug-likeness (QED) is 0.796. The van der Waals surface area contributed by atoms with Crippen molar-refractivity contribution >= 4 is 16.0 Å². The number of rotatable bonds is 6. The molecule has 1 heterocycles. The molecule has 0 aliphatic heterocycles. The lowest BCUT2D eigenvalue weighted by atomic mass is 10.3. The average Bonchev–Trinajstić information content (AvgIpc) is 2.92. The van der Waals surface area contributed by atoms with Crippen LogP contribution in [0.2, 0.25) is 0 Å². The fraction of sp³-hybridized carbons (Fsp3) is 0.500. The number of carbonyl (C=O) groups is 1. The van der Waals surface area contributed by atoms with Gasteiger partial charge in [-0.15, -0.1) is 0 Å². The second-order valence-corrected chi connectivity index (χ2v) is 5.75. The number of aromatic carboxylic acids is 1. The summed E-state index contributed by atoms with van der Waals surface area (Å²) < 4.78 is 30.5. The highest BCUT2D eigenvalue weighted by Gasteiger charge is 2.24. The van der Waals surface area contributed by atoms with Crippen molar-refractivity contribution in [3.63, 3.8) is 0 Å². The summed E-state index contributed by atoms with van der Waals surface area (Å²) in [6.07, 6.45) is 3.13. The van der Waals surface area contributed by atoms with Gasteiger partial charge in [-0.25, -0.2) is 17.9 Å². The first-order valence-electron chi connectivity index (χ1n) is 5.32. The molecule has 0 unspecified atom stereocenters. The van der Waals surface area contributed by atoms with Crippen LogP contribution in [0.5, 0.6) is 0 Å². The molecule has 2 N–H and O–H groups in total. The van der Waals surface area contributed by atoms with E-state index in [2.05, 4.69) is 4.72 Å². The van der Waals surface area contributed by atoms with Gasteiger partial charge in [0.05, 0.1) is 0 Å². The van der Waals surface area contributed by atoms with Gasteiger partial charge in [0.15, 0.2) is 0 Å². The standard InChI is InChI=1S/C10H13NO5S/c12-10(13)8-3-4-9(16-8)17(14,15)11-6-5-7-1-2-7/h3-4,7,11H,1-2,5-6H2,(H,12,13). The summed E-state index contributed by atoms with van der Waals surface area (Å²) in [6.45, 7) is 0.357. The molecule has 1 aliphatic rings. The molecule has 7 heteroatoms. The van der Waals surface area contributed by atoms with Crippen molar-refractivity contribution in [2.75, 3.05) is 6.54 Å². The lowest BCUT2D eigenvalue weighted by Gasteiger charge is -2.02. The molecule has 94 valence electrons. The molecule has 0 atom stereocenters. The molecule has 6 nitrogen and oxygen atoms in total. The minimum Gasteiger partial charge on any atom is -0.475 e. The van der Waals surface area contributed by atoms with Crippen molar-refractivity contribution in [3.8, 4) is 0 Å². The highest BCUT2D eigenvalue weighted by molar-refractivity contribution is 7.89. The summed E-state index contributed by atoms with van der Waals surface area (Å²) in [5.74, 6) is -1.04. The maximum Gasteiger partial charge on any atom is 0.371 e. The van der Waals surface area contributed by atoms with Crippen LogP contribution < -0.4 is 4.72 Å². The Morgan fingerprint density at radius 1 is 1.47 bits per heavy atom. The molecule has 0 spiro atoms. The molecule has 1 fully saturated rings. The fourth-order valence-electron chi connectivity index (χ4n) is 1.45. The molecular weight excluding hydrogens is 246 g/mol. The van der Waals surface area contributed by atoms with Crippen LogP contribution >= 0.6 is 0 Å². The molecular formula is C10H13NO5S. The Morgan fingerprint density at radius 2 is 2.18 bits per heavy atom. The van der Waals surface area contributed by atoms with Gasteiger partial charge in [-0.2, -0.15) is 0 Å². The van der Waals surface area contributed by atoms with Gasteiger partial charge >= 0.3 is 5.97 Å². The summed E-state index contributed by atoms with van der Waals surface area (Å²) in [5.41, 5.74) is 0. The van der Waals surface area contributed by atoms with Crippen molar-refractivity contribution in [2.24, 2.45) is 5.92 Å². The first-order valence-corrected chi connectivity index (χ1v) is 6.80. The predicted octanol–water partition coefficient (Wildman–Crippen LogP) is 1.06. The van der Waals surface area contributed by atoms with E-state index in [1.807, 2.05) is 0 Å². The zero-order chi connectivity index (χ0) is 12.5. The molecule has 0 amide bonds. The van der Waals surface area contributed by atoms with E-state index < -0.39 is 16.0 Å². The van der Waals surface area contributed by atoms with Gasteiger partial charge in [-0.05, 0) is 24.5 Å². The largest absolute Gasteiger partial charge is 0.475 e. The molecule has 1 aromatic rings. The van der Waals surface area contributed by atoms with E-state index in [9.17, 15) is 13.2 Å². The monoisotopic (exact) mass is 259 g/mol. The van der Waals surface area contributed by atoms with Crippen LogP contribution in [0.1, 0.15) is 29.8 Å². The molecule has 17 heavy (non-hydrogen) atoms. The van der Waals surface area contributed by atoms with Crippen molar-refractivity contribution in [2.45, 2.75) is 24.4 Å². The van der Waals surface area contributed by atoms with Gasteiger partial charge in [0.25, 0.3) is 10.0 Å². The van der Waals surface area contributed by atoms with Crippen LogP contribution in [0.15, 0.2) is 21.6 Å². The highest BCUT2D eigenvalue weighted by atomic mass is 32.2. The topological polar surface area (TPSA) is 96.6 Å². The number of nitrogens with one attached hydrogen (secondary N) is 1. The van der Waals surface area contributed by atoms with Gasteiger partial charge in [0.2, 0.25) is 10.9 Å². The molecule has 0 aromatic carbocycles. The third kappa shape index (κ3) is 3.07. The molecule has 0 bridgehead atoms. The van der Waals surface area contributed by atoms with Crippen LogP contribution in [-0.4, -0.2) is 26.0 Å². The zero-order valence-corrected chi connectivity index (χ0v) is 9.87. The average molecular weight is 259 g/mol. The second kappa shape index (κ2) is 4.50. The van der Waals surface area contributed by atoms with Crippen LogP contribution in [0, 0.1) is 5.92 Å². The van der Waals surface area contributed by atoms with Crippen LogP contribution in [0.4, 0.5) is 0 Å². The number of carboxylic acids is 1. The first-order chi connectivity index (χ1) is 7.99. The SMILES string of the molecule is O=C(O)c1ccc(S(=O)(=O)NCCC2CC2)o1. The minimum absolute atomic E-state index is 0.356. The van der Waals surface area contributed by atoms with E-state index in [1.165, 1.54) is 0 Å². The smallest absolute Gasteiger partial charge is 0.371 e. The summed E-state index contributed by atoms with van der Waals surface area (Å²) in [6, 6.07) is 2.26. The number of sulfonamides is 1. The summed E-state index contributed by atoms with van der Waals surface area (Å²) in [5, 5.41) is 8.26. The van der Waals surface area contributed by atoms with Gasteiger partial charge in [0, 0.05) is 6.54 Å². The maximum atomic E-state index is 11.7. The molecule has 2 rings (SSSR count). The van der Waals surface area contributed by atoms with Crippen molar-refractivity contribution in [1.29, 1.82) is 0 Å². The molecule has 1 aliphatic carbocycles. The Labute approximate surface area is 98.7 Å². The van der Waals surface area contributed by atoms with Crippen molar-refractivity contribution in [1.82, 2.24) is 4.72 Å². The maximum absolute atomic E-state index is 11.7. The fourth-order valence-corrected chi connectivity index (χ4v) is 2.43. The third-order valence-corrected chi connectivity index (χ3v) is 3.93. The Hall–Kier alpha value is -1.34. The Morgan fingerprint density at radius 3 is 2.71 bits per heavy atom. The Bertz CT molecular complexity index is 515. The molecule has 1 saturated carbocycles. The van der Waals surface area contributed by atoms with E-state index in [4.69, 9.17) is 9.52 Å². The lowest BCUT2D eigenvalue weighted by Crippen LogP contribution is -2.24. The number of furan rings is 1. The van der Waals surface area contributed by atoms with E-state index in [-0.39, 0.29) is 10.9 Å². The van der Waals surface area contributed by atoms with E-state index in [0.29, 0.717) is 12.5 Å². The van der Waals surface area contributed by atoms with Crippen LogP contribution in [0.25, 0.3) is 0 Å². The lowest BCUT2D eigenvalue weighted by molar-refractivity contribution is 0.0656. The highest BCUT2D eigenvalue weighted by Crippen LogP contribution is 2.31. The van der Waals surface area contributed by atoms with Gasteiger partial charge in [0.1, 0.15) is 0 Å². The van der Waals surface area contributed by atoms with E-state index in [1.54, 1.807) is 0 Å². The van der Waals surface area contributed by atoms with Crippen LogP contribution in [-0.2, 0) is 10.0 Å². The molecule has 0 radical (unpaired) electrons. The van der Waals surface area contributed by atoms with Gasteiger partial charge in [-0.3, -0.25) is 0 Å². The summed E-state index contributed by atoms with van der Waals surface area (Å²) >= 11 is 0. The van der Waals surface area contributed by atoms with E-state index in [0.717, 1.165) is 31.4 Å². The van der Waals surface area contributed by atoms with Crippen LogP contribution in [0.3, 0.4) is 0 Å². The summed E-state index contributed by atoms with van der Waals surface area (Å²) in [4.78, 5) is 10.5. The summed E-state index contributed by atoms with van der Waals surface area (Å²) in [7, 11) is -3.72. The Kier molecular flexibility index (Phi) is 3.21. The van der Waals surface area contributed by atoms with Gasteiger partial charge < -0.3 is 9.52 Å². The van der Waals surface area contributed by atoms with Crippen molar-refractivity contribution < 1.29 is 22.7 Å². The molecule has 0 saturated heterocycles.